The Labute approximate surface area is 107 Å². The smallest absolute Gasteiger partial charge is 0.129 e. The third-order valence-electron chi connectivity index (χ3n) is 3.01. The Morgan fingerprint density at radius 2 is 2.17 bits per heavy atom. The molecule has 0 aliphatic heterocycles. The fourth-order valence-electron chi connectivity index (χ4n) is 2.08. The zero-order chi connectivity index (χ0) is 13.1. The molecule has 2 N–H and O–H groups in total. The van der Waals surface area contributed by atoms with E-state index in [9.17, 15) is 0 Å². The van der Waals surface area contributed by atoms with Gasteiger partial charge in [-0.25, -0.2) is 0 Å². The fourth-order valence-corrected chi connectivity index (χ4v) is 2.08. The van der Waals surface area contributed by atoms with Crippen molar-refractivity contribution in [1.29, 1.82) is 0 Å². The van der Waals surface area contributed by atoms with Gasteiger partial charge < -0.3 is 10.5 Å². The fraction of sp³-hybridized carbons (Fsp3) is 0.357. The molecule has 0 saturated carbocycles. The van der Waals surface area contributed by atoms with Gasteiger partial charge in [-0.2, -0.15) is 5.10 Å². The van der Waals surface area contributed by atoms with Gasteiger partial charge in [-0.3, -0.25) is 4.68 Å². The van der Waals surface area contributed by atoms with Crippen LogP contribution in [0.2, 0.25) is 0 Å². The highest BCUT2D eigenvalue weighted by Crippen LogP contribution is 2.30. The number of benzene rings is 1. The first-order valence-corrected chi connectivity index (χ1v) is 6.00. The van der Waals surface area contributed by atoms with Gasteiger partial charge in [0.25, 0.3) is 0 Å². The van der Waals surface area contributed by atoms with Crippen LogP contribution in [0, 0.1) is 6.92 Å². The zero-order valence-corrected chi connectivity index (χ0v) is 11.1. The zero-order valence-electron chi connectivity index (χ0n) is 11.1. The molecule has 0 saturated heterocycles. The highest BCUT2D eigenvalue weighted by atomic mass is 16.5. The Morgan fingerprint density at radius 3 is 2.83 bits per heavy atom. The average Bonchev–Trinajstić information content (AvgIpc) is 2.62. The van der Waals surface area contributed by atoms with Crippen molar-refractivity contribution in [2.45, 2.75) is 13.3 Å². The molecule has 0 spiro atoms. The van der Waals surface area contributed by atoms with E-state index >= 15 is 0 Å². The molecular formula is C14H19N3O. The summed E-state index contributed by atoms with van der Waals surface area (Å²) < 4.78 is 6.84. The summed E-state index contributed by atoms with van der Waals surface area (Å²) in [6.07, 6.45) is 0.769. The molecule has 0 radical (unpaired) electrons. The molecule has 18 heavy (non-hydrogen) atoms. The molecule has 4 heteroatoms. The van der Waals surface area contributed by atoms with Crippen LogP contribution in [-0.2, 0) is 18.2 Å². The first-order valence-electron chi connectivity index (χ1n) is 6.00. The van der Waals surface area contributed by atoms with Crippen LogP contribution in [0.4, 0.5) is 5.82 Å². The summed E-state index contributed by atoms with van der Waals surface area (Å²) in [6.45, 7) is 2.72. The molecule has 2 rings (SSSR count). The molecule has 96 valence electrons. The quantitative estimate of drug-likeness (QED) is 0.898. The lowest BCUT2D eigenvalue weighted by Gasteiger charge is -2.05. The lowest BCUT2D eigenvalue weighted by Crippen LogP contribution is -1.98. The highest BCUT2D eigenvalue weighted by molar-refractivity contribution is 5.77. The van der Waals surface area contributed by atoms with E-state index < -0.39 is 0 Å². The van der Waals surface area contributed by atoms with Crippen LogP contribution in [-0.4, -0.2) is 23.5 Å². The van der Waals surface area contributed by atoms with Crippen LogP contribution in [0.1, 0.15) is 11.3 Å². The van der Waals surface area contributed by atoms with Gasteiger partial charge in [0, 0.05) is 26.1 Å². The predicted octanol–water partition coefficient (Wildman–Crippen LogP) is 2.17. The Kier molecular flexibility index (Phi) is 3.67. The minimum absolute atomic E-state index is 0.648. The average molecular weight is 245 g/mol. The number of nitrogen functional groups attached to an aromatic ring is 1. The summed E-state index contributed by atoms with van der Waals surface area (Å²) in [4.78, 5) is 0. The topological polar surface area (TPSA) is 53.1 Å². The lowest BCUT2D eigenvalue weighted by atomic mass is 10.0. The summed E-state index contributed by atoms with van der Waals surface area (Å²) in [5, 5.41) is 4.47. The summed E-state index contributed by atoms with van der Waals surface area (Å²) in [5.74, 6) is 0.701. The van der Waals surface area contributed by atoms with E-state index in [0.29, 0.717) is 12.4 Å². The predicted molar refractivity (Wildman–Crippen MR) is 73.4 cm³/mol. The third-order valence-corrected chi connectivity index (χ3v) is 3.01. The molecule has 4 nitrogen and oxygen atoms in total. The van der Waals surface area contributed by atoms with Crippen molar-refractivity contribution in [1.82, 2.24) is 9.78 Å². The molecule has 1 aromatic heterocycles. The Morgan fingerprint density at radius 1 is 1.39 bits per heavy atom. The van der Waals surface area contributed by atoms with Gasteiger partial charge in [-0.15, -0.1) is 0 Å². The molecule has 0 atom stereocenters. The number of rotatable bonds is 4. The first-order chi connectivity index (χ1) is 8.63. The van der Waals surface area contributed by atoms with E-state index in [1.54, 1.807) is 11.8 Å². The van der Waals surface area contributed by atoms with Crippen molar-refractivity contribution >= 4 is 5.82 Å². The second kappa shape index (κ2) is 5.23. The maximum Gasteiger partial charge on any atom is 0.129 e. The number of ether oxygens (including phenoxy) is 1. The number of hydrogen-bond acceptors (Lipinski definition) is 3. The van der Waals surface area contributed by atoms with Crippen molar-refractivity contribution < 1.29 is 4.74 Å². The molecule has 0 amide bonds. The van der Waals surface area contributed by atoms with Crippen LogP contribution in [0.15, 0.2) is 24.3 Å². The standard InChI is InChI=1S/C14H19N3O/c1-10-5-4-6-11(9-10)13-12(7-8-18-3)16-17(2)14(13)15/h4-6,9H,7-8,15H2,1-3H3. The largest absolute Gasteiger partial charge is 0.384 e. The van der Waals surface area contributed by atoms with E-state index in [1.807, 2.05) is 13.1 Å². The van der Waals surface area contributed by atoms with E-state index in [1.165, 1.54) is 5.56 Å². The Hall–Kier alpha value is -1.81. The van der Waals surface area contributed by atoms with Crippen LogP contribution in [0.3, 0.4) is 0 Å². The van der Waals surface area contributed by atoms with Gasteiger partial charge in [0.2, 0.25) is 0 Å². The summed E-state index contributed by atoms with van der Waals surface area (Å²) in [6, 6.07) is 8.31. The highest BCUT2D eigenvalue weighted by Gasteiger charge is 2.15. The minimum atomic E-state index is 0.648. The van der Waals surface area contributed by atoms with Crippen LogP contribution in [0.5, 0.6) is 0 Å². The van der Waals surface area contributed by atoms with Gasteiger partial charge >= 0.3 is 0 Å². The number of methoxy groups -OCH3 is 1. The van der Waals surface area contributed by atoms with E-state index in [-0.39, 0.29) is 0 Å². The van der Waals surface area contributed by atoms with Gasteiger partial charge in [-0.05, 0) is 12.5 Å². The molecule has 0 fully saturated rings. The molecule has 1 heterocycles. The van der Waals surface area contributed by atoms with Gasteiger partial charge in [-0.1, -0.05) is 29.8 Å². The maximum atomic E-state index is 6.12. The number of aryl methyl sites for hydroxylation is 2. The number of aromatic nitrogens is 2. The number of nitrogens with zero attached hydrogens (tertiary/aromatic N) is 2. The molecule has 0 bridgehead atoms. The maximum absolute atomic E-state index is 6.12. The summed E-state index contributed by atoms with van der Waals surface area (Å²) in [5.41, 5.74) is 10.5. The van der Waals surface area contributed by atoms with Crippen LogP contribution < -0.4 is 5.73 Å². The number of nitrogens with two attached hydrogens (primary N) is 1. The van der Waals surface area contributed by atoms with Crippen molar-refractivity contribution in [3.63, 3.8) is 0 Å². The molecule has 2 aromatic rings. The Bertz CT molecular complexity index is 546. The second-order valence-corrected chi connectivity index (χ2v) is 4.44. The van der Waals surface area contributed by atoms with Crippen molar-refractivity contribution in [2.24, 2.45) is 7.05 Å². The Balaban J connectivity index is 2.48. The van der Waals surface area contributed by atoms with Gasteiger partial charge in [0.15, 0.2) is 0 Å². The first kappa shape index (κ1) is 12.6. The van der Waals surface area contributed by atoms with Crippen molar-refractivity contribution in [2.75, 3.05) is 19.5 Å². The third kappa shape index (κ3) is 2.38. The molecule has 0 aliphatic carbocycles. The SMILES string of the molecule is COCCc1nn(C)c(N)c1-c1cccc(C)c1. The second-order valence-electron chi connectivity index (χ2n) is 4.44. The monoisotopic (exact) mass is 245 g/mol. The molecule has 1 aromatic carbocycles. The summed E-state index contributed by atoms with van der Waals surface area (Å²) in [7, 11) is 3.56. The van der Waals surface area contributed by atoms with Crippen molar-refractivity contribution in [3.05, 3.63) is 35.5 Å². The normalized spacial score (nSPS) is 10.8. The summed E-state index contributed by atoms with van der Waals surface area (Å²) >= 11 is 0. The minimum Gasteiger partial charge on any atom is -0.384 e. The van der Waals surface area contributed by atoms with Crippen molar-refractivity contribution in [3.8, 4) is 11.1 Å². The van der Waals surface area contributed by atoms with E-state index in [4.69, 9.17) is 10.5 Å². The van der Waals surface area contributed by atoms with E-state index in [0.717, 1.165) is 23.2 Å². The molecule has 0 aliphatic rings. The van der Waals surface area contributed by atoms with E-state index in [2.05, 4.69) is 30.2 Å². The number of hydrogen-bond donors (Lipinski definition) is 1. The molecule has 0 unspecified atom stereocenters. The number of anilines is 1. The van der Waals surface area contributed by atoms with Crippen LogP contribution >= 0.6 is 0 Å². The lowest BCUT2D eigenvalue weighted by molar-refractivity contribution is 0.201. The molecular weight excluding hydrogens is 226 g/mol. The van der Waals surface area contributed by atoms with Crippen LogP contribution in [0.25, 0.3) is 11.1 Å². The van der Waals surface area contributed by atoms with Gasteiger partial charge in [0.1, 0.15) is 5.82 Å². The van der Waals surface area contributed by atoms with Gasteiger partial charge in [0.05, 0.1) is 12.3 Å².